The highest BCUT2D eigenvalue weighted by molar-refractivity contribution is 7.85. The smallest absolute Gasteiger partial charge is 0.313 e. The molecule has 6 aliphatic carbocycles. The molecule has 1 aliphatic heterocycles. The maximum absolute atomic E-state index is 12.8. The zero-order chi connectivity index (χ0) is 41.3. The van der Waals surface area contributed by atoms with Crippen LogP contribution in [0.2, 0.25) is 0 Å². The van der Waals surface area contributed by atoms with E-state index in [-0.39, 0.29) is 33.8 Å². The highest BCUT2D eigenvalue weighted by Gasteiger charge is 2.70. The van der Waals surface area contributed by atoms with Crippen molar-refractivity contribution in [1.29, 1.82) is 5.26 Å². The molecule has 8 nitrogen and oxygen atoms in total. The van der Waals surface area contributed by atoms with Gasteiger partial charge in [-0.05, 0) is 152 Å². The van der Waals surface area contributed by atoms with E-state index >= 15 is 0 Å². The highest BCUT2D eigenvalue weighted by atomic mass is 32.2. The Morgan fingerprint density at radius 1 is 1.00 bits per heavy atom. The van der Waals surface area contributed by atoms with Crippen LogP contribution >= 0.6 is 0 Å². The first-order valence-electron chi connectivity index (χ1n) is 22.6. The van der Waals surface area contributed by atoms with E-state index in [0.29, 0.717) is 53.9 Å². The summed E-state index contributed by atoms with van der Waals surface area (Å²) in [5.74, 6) is 4.33. The summed E-state index contributed by atoms with van der Waals surface area (Å²) in [6, 6.07) is 5.36. The van der Waals surface area contributed by atoms with Crippen LogP contribution in [0.3, 0.4) is 0 Å². The largest absolute Gasteiger partial charge is 0.481 e. The topological polar surface area (TPSA) is 116 Å². The van der Waals surface area contributed by atoms with Crippen LogP contribution in [0.5, 0.6) is 5.88 Å². The number of nitrogens with one attached hydrogen (secondary N) is 1. The summed E-state index contributed by atoms with van der Waals surface area (Å²) < 4.78 is 18.0. The van der Waals surface area contributed by atoms with Gasteiger partial charge in [0.15, 0.2) is 0 Å². The summed E-state index contributed by atoms with van der Waals surface area (Å²) in [5, 5.41) is 23.9. The van der Waals surface area contributed by atoms with Crippen molar-refractivity contribution in [2.75, 3.05) is 44.3 Å². The molecule has 1 aromatic rings. The monoisotopic (exact) mass is 811 g/mol. The van der Waals surface area contributed by atoms with E-state index in [1.54, 1.807) is 12.1 Å². The molecule has 0 bridgehead atoms. The van der Waals surface area contributed by atoms with E-state index in [4.69, 9.17) is 10.00 Å². The van der Waals surface area contributed by atoms with Crippen LogP contribution in [0.25, 0.3) is 0 Å². The molecule has 10 atom stereocenters. The van der Waals surface area contributed by atoms with Crippen LogP contribution in [0.4, 0.5) is 0 Å². The number of nitrogens with zero attached hydrogens (tertiary/aromatic N) is 3. The zero-order valence-corrected chi connectivity index (χ0v) is 37.2. The van der Waals surface area contributed by atoms with Crippen LogP contribution in [0.15, 0.2) is 53.8 Å². The number of aliphatic carboxylic acids is 1. The Balaban J connectivity index is 1.00. The van der Waals surface area contributed by atoms with Gasteiger partial charge in [0, 0.05) is 66.3 Å². The maximum Gasteiger partial charge on any atom is 0.313 e. The second-order valence-electron chi connectivity index (χ2n) is 21.3. The Kier molecular flexibility index (Phi) is 11.0. The number of pyridine rings is 1. The number of nitriles is 1. The number of fused-ring (bicyclic) bond motifs is 7. The molecule has 58 heavy (non-hydrogen) atoms. The molecule has 0 spiro atoms. The molecule has 9 heteroatoms. The number of carboxylic acid groups (broad SMARTS) is 1. The van der Waals surface area contributed by atoms with Crippen molar-refractivity contribution in [3.8, 4) is 11.9 Å². The lowest BCUT2D eigenvalue weighted by molar-refractivity contribution is -0.221. The molecule has 0 radical (unpaired) electrons. The predicted octanol–water partition coefficient (Wildman–Crippen LogP) is 9.11. The molecule has 0 aromatic carbocycles. The minimum absolute atomic E-state index is 0.00438. The van der Waals surface area contributed by atoms with Crippen molar-refractivity contribution in [3.05, 3.63) is 59.3 Å². The first-order chi connectivity index (χ1) is 27.5. The van der Waals surface area contributed by atoms with E-state index < -0.39 is 22.2 Å². The molecule has 316 valence electrons. The van der Waals surface area contributed by atoms with Gasteiger partial charge in [0.05, 0.1) is 5.56 Å². The van der Waals surface area contributed by atoms with Gasteiger partial charge in [-0.1, -0.05) is 58.9 Å². The normalized spacial score (nSPS) is 41.1. The number of carboxylic acids is 1. The molecular weight excluding hydrogens is 741 g/mol. The van der Waals surface area contributed by atoms with Crippen LogP contribution < -0.4 is 10.1 Å². The lowest BCUT2D eigenvalue weighted by Gasteiger charge is -2.72. The van der Waals surface area contributed by atoms with Gasteiger partial charge in [0.1, 0.15) is 18.1 Å². The van der Waals surface area contributed by atoms with Gasteiger partial charge in [-0.15, -0.1) is 0 Å². The lowest BCUT2D eigenvalue weighted by Crippen LogP contribution is -2.68. The van der Waals surface area contributed by atoms with Crippen molar-refractivity contribution in [1.82, 2.24) is 15.2 Å². The van der Waals surface area contributed by atoms with Gasteiger partial charge in [0.25, 0.3) is 0 Å². The highest BCUT2D eigenvalue weighted by Crippen LogP contribution is 2.76. The summed E-state index contributed by atoms with van der Waals surface area (Å²) >= 11 is 0. The molecule has 0 amide bonds. The molecule has 7 aliphatic rings. The lowest BCUT2D eigenvalue weighted by atomic mass is 9.33. The van der Waals surface area contributed by atoms with Crippen molar-refractivity contribution in [3.63, 3.8) is 0 Å². The van der Waals surface area contributed by atoms with Crippen molar-refractivity contribution < 1.29 is 18.8 Å². The number of aromatic nitrogens is 1. The number of rotatable bonds is 10. The molecule has 8 rings (SSSR count). The van der Waals surface area contributed by atoms with Crippen molar-refractivity contribution in [2.45, 2.75) is 124 Å². The third kappa shape index (κ3) is 6.69. The Hall–Kier alpha value is -2.80. The predicted molar refractivity (Wildman–Crippen MR) is 232 cm³/mol. The van der Waals surface area contributed by atoms with E-state index in [1.807, 2.05) is 0 Å². The summed E-state index contributed by atoms with van der Waals surface area (Å²) in [7, 11) is -0.635. The molecule has 2 heterocycles. The first kappa shape index (κ1) is 41.9. The third-order valence-electron chi connectivity index (χ3n) is 18.6. The second kappa shape index (κ2) is 15.3. The Morgan fingerprint density at radius 3 is 2.43 bits per heavy atom. The van der Waals surface area contributed by atoms with Gasteiger partial charge in [-0.3, -0.25) is 9.00 Å². The number of hydrogen-bond acceptors (Lipinski definition) is 7. The molecule has 5 fully saturated rings. The quantitative estimate of drug-likeness (QED) is 0.225. The van der Waals surface area contributed by atoms with Crippen molar-refractivity contribution >= 4 is 16.8 Å². The second-order valence-corrected chi connectivity index (χ2v) is 23.0. The molecule has 1 unspecified atom stereocenters. The first-order valence-corrected chi connectivity index (χ1v) is 24.1. The average molecular weight is 811 g/mol. The zero-order valence-electron chi connectivity index (χ0n) is 36.3. The Morgan fingerprint density at radius 2 is 1.78 bits per heavy atom. The molecule has 4 saturated carbocycles. The van der Waals surface area contributed by atoms with Crippen LogP contribution in [-0.4, -0.2) is 75.0 Å². The third-order valence-corrected chi connectivity index (χ3v) is 19.9. The minimum atomic E-state index is -1.00. The number of allylic oxidation sites excluding steroid dienone is 5. The number of hydrogen-bond donors (Lipinski definition) is 2. The molecule has 1 saturated heterocycles. The van der Waals surface area contributed by atoms with Gasteiger partial charge < -0.3 is 20.1 Å². The van der Waals surface area contributed by atoms with Crippen molar-refractivity contribution in [2.24, 2.45) is 56.7 Å². The summed E-state index contributed by atoms with van der Waals surface area (Å²) in [4.78, 5) is 19.5. The Labute approximate surface area is 351 Å². The molecular formula is C49H70N4O4S. The number of ether oxygens (including phenoxy) is 1. The van der Waals surface area contributed by atoms with Gasteiger partial charge in [0.2, 0.25) is 5.88 Å². The summed E-state index contributed by atoms with van der Waals surface area (Å²) in [5.41, 5.74) is 4.58. The minimum Gasteiger partial charge on any atom is -0.481 e. The maximum atomic E-state index is 12.8. The fourth-order valence-electron chi connectivity index (χ4n) is 15.2. The summed E-state index contributed by atoms with van der Waals surface area (Å²) in [6.45, 7) is 24.1. The fraction of sp³-hybridized carbons (Fsp3) is 0.735. The van der Waals surface area contributed by atoms with E-state index in [0.717, 1.165) is 50.5 Å². The standard InChI is InChI=1S/C49H70N4O4S/c1-33(2)36-14-21-49(52-24-25-53-26-28-58(56)29-27-53)23-22-46(6)38(42(36)49)9-10-40-45(5)17-15-37(44(3,4)39(45)16-18-47(40,46)7)35-12-19-48(20-13-35,43(54)55)32-57-41-11-8-34(30-50)31-51-41/h8,11-12,15,31,36,38-40,42,52H,1,9-10,13-14,16-29,32H2,2-7H3,(H,54,55)/t36-,38+,39-,40+,42+,45-,46+,47+,48?,49-/m0/s1. The van der Waals surface area contributed by atoms with Gasteiger partial charge >= 0.3 is 5.97 Å². The fourth-order valence-corrected chi connectivity index (χ4v) is 16.4. The molecule has 2 N–H and O–H groups in total. The summed E-state index contributed by atoms with van der Waals surface area (Å²) in [6.07, 6.45) is 19.3. The van der Waals surface area contributed by atoms with Crippen LogP contribution in [-0.2, 0) is 15.6 Å². The number of carbonyl (C=O) groups is 1. The van der Waals surface area contributed by atoms with E-state index in [1.165, 1.54) is 74.3 Å². The van der Waals surface area contributed by atoms with E-state index in [9.17, 15) is 14.1 Å². The van der Waals surface area contributed by atoms with Crippen LogP contribution in [0, 0.1) is 68.0 Å². The van der Waals surface area contributed by atoms with Gasteiger partial charge in [-0.25, -0.2) is 4.98 Å². The average Bonchev–Trinajstić information content (AvgIpc) is 3.58. The van der Waals surface area contributed by atoms with Crippen LogP contribution in [0.1, 0.15) is 124 Å². The SMILES string of the molecule is C=C(C)[C@@H]1CC[C@]2(NCCN3CCS(=O)CC3)CC[C@]3(C)[C@H](CC[C@@H]4[C@@]5(C)CC=C(C6=CCC(COc7ccc(C#N)cn7)(C(=O)O)CC6)C(C)(C)[C@@H]5CC[C@]43C)[C@@H]12. The molecule has 1 aromatic heterocycles. The Bertz CT molecular complexity index is 1910. The van der Waals surface area contributed by atoms with Gasteiger partial charge in [-0.2, -0.15) is 5.26 Å². The van der Waals surface area contributed by atoms with E-state index in [2.05, 4.69) is 81.5 Å².